The molecule has 27 heavy (non-hydrogen) atoms. The maximum atomic E-state index is 12.4. The van der Waals surface area contributed by atoms with Crippen molar-refractivity contribution in [2.45, 2.75) is 17.4 Å². The van der Waals surface area contributed by atoms with Crippen LogP contribution >= 0.6 is 11.6 Å². The molecule has 3 rings (SSSR count). The summed E-state index contributed by atoms with van der Waals surface area (Å²) in [6.45, 7) is 4.04. The van der Waals surface area contributed by atoms with E-state index in [1.165, 1.54) is 24.3 Å². The summed E-state index contributed by atoms with van der Waals surface area (Å²) in [5, 5.41) is 10.8. The van der Waals surface area contributed by atoms with E-state index in [0.29, 0.717) is 17.1 Å². The predicted octanol–water partition coefficient (Wildman–Crippen LogP) is 2.90. The molecule has 0 saturated carbocycles. The molecule has 1 atom stereocenters. The quantitative estimate of drug-likeness (QED) is 0.733. The lowest BCUT2D eigenvalue weighted by Crippen LogP contribution is -2.37. The zero-order valence-corrected chi connectivity index (χ0v) is 16.4. The van der Waals surface area contributed by atoms with Gasteiger partial charge >= 0.3 is 0 Å². The summed E-state index contributed by atoms with van der Waals surface area (Å²) in [5.41, 5.74) is 1.20. The third-order valence-corrected chi connectivity index (χ3v) is 6.14. The fourth-order valence-corrected chi connectivity index (χ4v) is 4.08. The van der Waals surface area contributed by atoms with Crippen molar-refractivity contribution in [2.24, 2.45) is 0 Å². The number of halogens is 1. The third kappa shape index (κ3) is 5.67. The smallest absolute Gasteiger partial charge is 0.261 e. The lowest BCUT2D eigenvalue weighted by Gasteiger charge is -2.27. The number of rotatable bonds is 7. The van der Waals surface area contributed by atoms with Crippen LogP contribution in [0.3, 0.4) is 0 Å². The molecule has 2 aromatic rings. The second-order valence-corrected chi connectivity index (χ2v) is 8.56. The summed E-state index contributed by atoms with van der Waals surface area (Å²) in [7, 11) is -3.68. The van der Waals surface area contributed by atoms with Crippen molar-refractivity contribution in [3.63, 3.8) is 0 Å². The van der Waals surface area contributed by atoms with E-state index in [-0.39, 0.29) is 4.90 Å². The van der Waals surface area contributed by atoms with Gasteiger partial charge < -0.3 is 9.84 Å². The van der Waals surface area contributed by atoms with Gasteiger partial charge in [-0.3, -0.25) is 9.62 Å². The SMILES string of the molecule is O=S(=O)(Nc1ccc(C(O)CCN2CCOCC2)cc1)c1ccc(Cl)cc1. The predicted molar refractivity (Wildman–Crippen MR) is 106 cm³/mol. The highest BCUT2D eigenvalue weighted by molar-refractivity contribution is 7.92. The van der Waals surface area contributed by atoms with Gasteiger partial charge in [0, 0.05) is 30.3 Å². The van der Waals surface area contributed by atoms with E-state index in [4.69, 9.17) is 16.3 Å². The standard InChI is InChI=1S/C19H23ClN2O4S/c20-16-3-7-18(8-4-16)27(24,25)21-17-5-1-15(2-6-17)19(23)9-10-22-11-13-26-14-12-22/h1-8,19,21,23H,9-14H2. The van der Waals surface area contributed by atoms with Crippen molar-refractivity contribution >= 4 is 27.3 Å². The highest BCUT2D eigenvalue weighted by Crippen LogP contribution is 2.22. The van der Waals surface area contributed by atoms with Crippen LogP contribution in [0.5, 0.6) is 0 Å². The van der Waals surface area contributed by atoms with Gasteiger partial charge in [-0.2, -0.15) is 0 Å². The first kappa shape index (κ1) is 20.1. The number of anilines is 1. The number of nitrogens with zero attached hydrogens (tertiary/aromatic N) is 1. The number of hydrogen-bond donors (Lipinski definition) is 2. The molecule has 1 heterocycles. The van der Waals surface area contributed by atoms with Gasteiger partial charge in [0.2, 0.25) is 0 Å². The maximum absolute atomic E-state index is 12.4. The molecule has 0 radical (unpaired) electrons. The molecular weight excluding hydrogens is 388 g/mol. The van der Waals surface area contributed by atoms with Gasteiger partial charge in [0.15, 0.2) is 0 Å². The number of nitrogens with one attached hydrogen (secondary N) is 1. The van der Waals surface area contributed by atoms with Gasteiger partial charge in [0.05, 0.1) is 24.2 Å². The van der Waals surface area contributed by atoms with Gasteiger partial charge in [-0.25, -0.2) is 8.42 Å². The highest BCUT2D eigenvalue weighted by Gasteiger charge is 2.16. The van der Waals surface area contributed by atoms with Gasteiger partial charge in [-0.05, 0) is 48.4 Å². The lowest BCUT2D eigenvalue weighted by atomic mass is 10.1. The molecule has 0 spiro atoms. The summed E-state index contributed by atoms with van der Waals surface area (Å²) in [4.78, 5) is 2.41. The second-order valence-electron chi connectivity index (χ2n) is 6.44. The molecule has 1 saturated heterocycles. The average molecular weight is 411 g/mol. The summed E-state index contributed by atoms with van der Waals surface area (Å²) < 4.78 is 32.6. The van der Waals surface area contributed by atoms with Gasteiger partial charge in [0.1, 0.15) is 0 Å². The van der Waals surface area contributed by atoms with Crippen LogP contribution in [-0.4, -0.2) is 51.3 Å². The van der Waals surface area contributed by atoms with E-state index in [9.17, 15) is 13.5 Å². The molecule has 146 valence electrons. The number of aliphatic hydroxyl groups excluding tert-OH is 1. The fourth-order valence-electron chi connectivity index (χ4n) is 2.90. The largest absolute Gasteiger partial charge is 0.388 e. The van der Waals surface area contributed by atoms with Crippen molar-refractivity contribution < 1.29 is 18.3 Å². The van der Waals surface area contributed by atoms with Crippen LogP contribution in [0.25, 0.3) is 0 Å². The third-order valence-electron chi connectivity index (χ3n) is 4.49. The van der Waals surface area contributed by atoms with E-state index < -0.39 is 16.1 Å². The Morgan fingerprint density at radius 2 is 1.70 bits per heavy atom. The lowest BCUT2D eigenvalue weighted by molar-refractivity contribution is 0.0300. The Bertz CT molecular complexity index is 835. The van der Waals surface area contributed by atoms with Crippen molar-refractivity contribution in [1.29, 1.82) is 0 Å². The highest BCUT2D eigenvalue weighted by atomic mass is 35.5. The minimum Gasteiger partial charge on any atom is -0.388 e. The van der Waals surface area contributed by atoms with Crippen molar-refractivity contribution in [3.8, 4) is 0 Å². The first-order valence-corrected chi connectivity index (χ1v) is 10.7. The Kier molecular flexibility index (Phi) is 6.73. The summed E-state index contributed by atoms with van der Waals surface area (Å²) in [6.07, 6.45) is 0.0327. The minimum atomic E-state index is -3.68. The van der Waals surface area contributed by atoms with Crippen LogP contribution in [0.15, 0.2) is 53.4 Å². The first-order valence-electron chi connectivity index (χ1n) is 8.80. The molecule has 2 aromatic carbocycles. The van der Waals surface area contributed by atoms with Crippen LogP contribution in [-0.2, 0) is 14.8 Å². The maximum Gasteiger partial charge on any atom is 0.261 e. The number of ether oxygens (including phenoxy) is 1. The van der Waals surface area contributed by atoms with Crippen LogP contribution in [0.4, 0.5) is 5.69 Å². The van der Waals surface area contributed by atoms with Crippen LogP contribution in [0.1, 0.15) is 18.1 Å². The number of hydrogen-bond acceptors (Lipinski definition) is 5. The van der Waals surface area contributed by atoms with E-state index in [2.05, 4.69) is 9.62 Å². The van der Waals surface area contributed by atoms with Crippen molar-refractivity contribution in [2.75, 3.05) is 37.6 Å². The monoisotopic (exact) mass is 410 g/mol. The molecule has 0 amide bonds. The Morgan fingerprint density at radius 3 is 2.33 bits per heavy atom. The minimum absolute atomic E-state index is 0.140. The second kappa shape index (κ2) is 9.03. The molecule has 1 aliphatic heterocycles. The zero-order valence-electron chi connectivity index (χ0n) is 14.8. The van der Waals surface area contributed by atoms with Gasteiger partial charge in [-0.15, -0.1) is 0 Å². The van der Waals surface area contributed by atoms with E-state index in [0.717, 1.165) is 38.4 Å². The molecule has 0 aromatic heterocycles. The molecule has 1 fully saturated rings. The molecule has 2 N–H and O–H groups in total. The summed E-state index contributed by atoms with van der Waals surface area (Å²) in [5.74, 6) is 0. The number of benzene rings is 2. The Labute approximate surface area is 164 Å². The van der Waals surface area contributed by atoms with Crippen molar-refractivity contribution in [3.05, 3.63) is 59.1 Å². The molecule has 8 heteroatoms. The van der Waals surface area contributed by atoms with Crippen LogP contribution in [0, 0.1) is 0 Å². The Morgan fingerprint density at radius 1 is 1.07 bits per heavy atom. The van der Waals surface area contributed by atoms with Crippen molar-refractivity contribution in [1.82, 2.24) is 4.90 Å². The number of sulfonamides is 1. The summed E-state index contributed by atoms with van der Waals surface area (Å²) in [6, 6.07) is 12.8. The topological polar surface area (TPSA) is 78.9 Å². The molecule has 0 aliphatic carbocycles. The number of morpholine rings is 1. The average Bonchev–Trinajstić information content (AvgIpc) is 2.67. The normalized spacial score (nSPS) is 16.8. The Balaban J connectivity index is 1.58. The van der Waals surface area contributed by atoms with E-state index in [1.807, 2.05) is 0 Å². The summed E-state index contributed by atoms with van der Waals surface area (Å²) >= 11 is 5.80. The van der Waals surface area contributed by atoms with E-state index >= 15 is 0 Å². The molecule has 0 bridgehead atoms. The van der Waals surface area contributed by atoms with Gasteiger partial charge in [0.25, 0.3) is 10.0 Å². The van der Waals surface area contributed by atoms with Crippen LogP contribution in [0.2, 0.25) is 5.02 Å². The van der Waals surface area contributed by atoms with Crippen LogP contribution < -0.4 is 4.72 Å². The Hall–Kier alpha value is -1.64. The zero-order chi connectivity index (χ0) is 19.3. The van der Waals surface area contributed by atoms with E-state index in [1.54, 1.807) is 24.3 Å². The number of aliphatic hydroxyl groups is 1. The molecule has 1 unspecified atom stereocenters. The first-order chi connectivity index (χ1) is 12.9. The fraction of sp³-hybridized carbons (Fsp3) is 0.368. The molecule has 6 nitrogen and oxygen atoms in total. The van der Waals surface area contributed by atoms with Gasteiger partial charge in [-0.1, -0.05) is 23.7 Å². The molecular formula is C19H23ClN2O4S. The molecule has 1 aliphatic rings.